The SMILES string of the molecule is CC(C)CCCCCCCCCCC[C@@H](O)CC(=O)N[C@@H](CO[C@@H]1O[C@H](CO)[C@H](O)[C@H](O)[C@@H]1O)[C@H](O)CCCCCCCCCCCC(C)C. The van der Waals surface area contributed by atoms with Crippen LogP contribution in [0.25, 0.3) is 0 Å². The second-order valence-corrected chi connectivity index (χ2v) is 15.9. The zero-order valence-electron chi connectivity index (χ0n) is 32.4. The standard InChI is InChI=1S/C40H79NO9/c1-30(2)23-19-15-11-7-5-9-13-17-21-25-32(43)27-36(45)41-33(29-49-40-39(48)38(47)37(46)35(28-42)50-40)34(44)26-22-18-14-10-6-8-12-16-20-24-31(3)4/h30-35,37-40,42-44,46-48H,5-29H2,1-4H3,(H,41,45)/t32-,33+,34-,35-,37+,38+,39+,40-/m1/s1. The summed E-state index contributed by atoms with van der Waals surface area (Å²) in [5.74, 6) is 1.17. The predicted molar refractivity (Wildman–Crippen MR) is 200 cm³/mol. The zero-order chi connectivity index (χ0) is 37.1. The summed E-state index contributed by atoms with van der Waals surface area (Å²) in [5, 5.41) is 64.5. The molecule has 0 spiro atoms. The average Bonchev–Trinajstić information content (AvgIpc) is 3.07. The molecule has 0 aromatic rings. The van der Waals surface area contributed by atoms with Crippen LogP contribution in [-0.2, 0) is 14.3 Å². The number of nitrogens with one attached hydrogen (secondary N) is 1. The van der Waals surface area contributed by atoms with Gasteiger partial charge in [0, 0.05) is 0 Å². The zero-order valence-corrected chi connectivity index (χ0v) is 32.4. The van der Waals surface area contributed by atoms with Crippen LogP contribution in [0.2, 0.25) is 0 Å². The highest BCUT2D eigenvalue weighted by Gasteiger charge is 2.44. The Hall–Kier alpha value is -0.850. The van der Waals surface area contributed by atoms with Crippen LogP contribution in [0, 0.1) is 11.8 Å². The number of aliphatic hydroxyl groups is 6. The van der Waals surface area contributed by atoms with Gasteiger partial charge in [-0.1, -0.05) is 156 Å². The van der Waals surface area contributed by atoms with Gasteiger partial charge in [0.2, 0.25) is 5.91 Å². The Morgan fingerprint density at radius 1 is 0.620 bits per heavy atom. The van der Waals surface area contributed by atoms with Crippen molar-refractivity contribution in [2.24, 2.45) is 11.8 Å². The van der Waals surface area contributed by atoms with Crippen LogP contribution >= 0.6 is 0 Å². The Morgan fingerprint density at radius 2 is 1.04 bits per heavy atom. The van der Waals surface area contributed by atoms with Gasteiger partial charge in [0.05, 0.1) is 37.9 Å². The van der Waals surface area contributed by atoms with E-state index >= 15 is 0 Å². The molecule has 0 aromatic heterocycles. The second kappa shape index (κ2) is 29.6. The van der Waals surface area contributed by atoms with Crippen molar-refractivity contribution in [3.8, 4) is 0 Å². The van der Waals surface area contributed by atoms with Crippen molar-refractivity contribution in [2.45, 2.75) is 224 Å². The van der Waals surface area contributed by atoms with Gasteiger partial charge in [-0.25, -0.2) is 0 Å². The van der Waals surface area contributed by atoms with Gasteiger partial charge in [-0.2, -0.15) is 0 Å². The first kappa shape index (κ1) is 47.2. The second-order valence-electron chi connectivity index (χ2n) is 15.9. The molecule has 1 fully saturated rings. The van der Waals surface area contributed by atoms with Gasteiger partial charge in [-0.05, 0) is 24.7 Å². The fourth-order valence-corrected chi connectivity index (χ4v) is 6.75. The largest absolute Gasteiger partial charge is 0.394 e. The molecular weight excluding hydrogens is 638 g/mol. The van der Waals surface area contributed by atoms with Gasteiger partial charge >= 0.3 is 0 Å². The number of hydrogen-bond acceptors (Lipinski definition) is 9. The van der Waals surface area contributed by atoms with Gasteiger partial charge in [0.25, 0.3) is 0 Å². The van der Waals surface area contributed by atoms with E-state index in [1.807, 2.05) is 0 Å². The van der Waals surface area contributed by atoms with E-state index in [2.05, 4.69) is 33.0 Å². The van der Waals surface area contributed by atoms with Crippen LogP contribution in [0.3, 0.4) is 0 Å². The van der Waals surface area contributed by atoms with Crippen LogP contribution in [0.15, 0.2) is 0 Å². The molecule has 1 amide bonds. The molecule has 50 heavy (non-hydrogen) atoms. The van der Waals surface area contributed by atoms with Crippen molar-refractivity contribution in [2.75, 3.05) is 13.2 Å². The Labute approximate surface area is 305 Å². The minimum atomic E-state index is -1.58. The third kappa shape index (κ3) is 22.9. The topological polar surface area (TPSA) is 169 Å². The number of carbonyl (C=O) groups is 1. The fraction of sp³-hybridized carbons (Fsp3) is 0.975. The molecule has 0 saturated carbocycles. The lowest BCUT2D eigenvalue weighted by Gasteiger charge is -2.40. The maximum Gasteiger partial charge on any atom is 0.222 e. The predicted octanol–water partition coefficient (Wildman–Crippen LogP) is 6.29. The van der Waals surface area contributed by atoms with Gasteiger partial charge in [-0.3, -0.25) is 4.79 Å². The molecule has 7 N–H and O–H groups in total. The summed E-state index contributed by atoms with van der Waals surface area (Å²) in [7, 11) is 0. The van der Waals surface area contributed by atoms with Gasteiger partial charge in [-0.15, -0.1) is 0 Å². The van der Waals surface area contributed by atoms with Crippen molar-refractivity contribution in [1.29, 1.82) is 0 Å². The molecule has 10 heteroatoms. The van der Waals surface area contributed by atoms with E-state index in [1.165, 1.54) is 83.5 Å². The lowest BCUT2D eigenvalue weighted by molar-refractivity contribution is -0.302. The number of amides is 1. The van der Waals surface area contributed by atoms with Crippen molar-refractivity contribution < 1.29 is 44.9 Å². The third-order valence-electron chi connectivity index (χ3n) is 10.1. The molecular formula is C40H79NO9. The average molecular weight is 718 g/mol. The highest BCUT2D eigenvalue weighted by atomic mass is 16.7. The molecule has 1 saturated heterocycles. The summed E-state index contributed by atoms with van der Waals surface area (Å²) in [6, 6.07) is -0.835. The number of ether oxygens (including phenoxy) is 2. The quantitative estimate of drug-likeness (QED) is 0.0395. The van der Waals surface area contributed by atoms with E-state index in [0.717, 1.165) is 56.8 Å². The van der Waals surface area contributed by atoms with E-state index in [4.69, 9.17) is 9.47 Å². The van der Waals surface area contributed by atoms with Gasteiger partial charge in [0.15, 0.2) is 6.29 Å². The normalized spacial score (nSPS) is 23.0. The molecule has 1 heterocycles. The summed E-state index contributed by atoms with van der Waals surface area (Å²) in [4.78, 5) is 12.9. The molecule has 8 atom stereocenters. The minimum absolute atomic E-state index is 0.0862. The Balaban J connectivity index is 2.46. The molecule has 1 aliphatic heterocycles. The van der Waals surface area contributed by atoms with Crippen molar-refractivity contribution in [3.05, 3.63) is 0 Å². The Morgan fingerprint density at radius 3 is 1.48 bits per heavy atom. The lowest BCUT2D eigenvalue weighted by Crippen LogP contribution is -2.60. The third-order valence-corrected chi connectivity index (χ3v) is 10.1. The highest BCUT2D eigenvalue weighted by molar-refractivity contribution is 5.76. The number of unbranched alkanes of at least 4 members (excludes halogenated alkanes) is 16. The van der Waals surface area contributed by atoms with Crippen molar-refractivity contribution >= 4 is 5.91 Å². The molecule has 298 valence electrons. The number of hydrogen-bond donors (Lipinski definition) is 7. The van der Waals surface area contributed by atoms with E-state index in [1.54, 1.807) is 0 Å². The van der Waals surface area contributed by atoms with Crippen LogP contribution in [0.4, 0.5) is 0 Å². The molecule has 0 aliphatic carbocycles. The first-order valence-corrected chi connectivity index (χ1v) is 20.5. The summed E-state index contributed by atoms with van der Waals surface area (Å²) >= 11 is 0. The maximum atomic E-state index is 12.9. The summed E-state index contributed by atoms with van der Waals surface area (Å²) in [6.45, 7) is 8.29. The maximum absolute atomic E-state index is 12.9. The molecule has 1 aliphatic rings. The molecule has 0 radical (unpaired) electrons. The lowest BCUT2D eigenvalue weighted by atomic mass is 9.99. The molecule has 0 unspecified atom stereocenters. The van der Waals surface area contributed by atoms with E-state index < -0.39 is 61.5 Å². The number of rotatable bonds is 32. The Bertz CT molecular complexity index is 799. The van der Waals surface area contributed by atoms with E-state index in [-0.39, 0.29) is 13.0 Å². The highest BCUT2D eigenvalue weighted by Crippen LogP contribution is 2.23. The van der Waals surface area contributed by atoms with Gasteiger partial charge < -0.3 is 45.4 Å². The summed E-state index contributed by atoms with van der Waals surface area (Å²) < 4.78 is 11.2. The summed E-state index contributed by atoms with van der Waals surface area (Å²) in [6.07, 6.45) is 15.7. The smallest absolute Gasteiger partial charge is 0.222 e. The molecule has 10 nitrogen and oxygen atoms in total. The van der Waals surface area contributed by atoms with Crippen molar-refractivity contribution in [3.63, 3.8) is 0 Å². The van der Waals surface area contributed by atoms with Crippen LogP contribution < -0.4 is 5.32 Å². The monoisotopic (exact) mass is 718 g/mol. The molecule has 0 aromatic carbocycles. The van der Waals surface area contributed by atoms with Gasteiger partial charge in [0.1, 0.15) is 24.4 Å². The van der Waals surface area contributed by atoms with E-state index in [9.17, 15) is 35.4 Å². The van der Waals surface area contributed by atoms with Crippen LogP contribution in [-0.4, -0.2) is 98.7 Å². The first-order valence-electron chi connectivity index (χ1n) is 20.5. The van der Waals surface area contributed by atoms with Crippen LogP contribution in [0.5, 0.6) is 0 Å². The van der Waals surface area contributed by atoms with Crippen molar-refractivity contribution in [1.82, 2.24) is 5.32 Å². The number of carbonyl (C=O) groups excluding carboxylic acids is 1. The Kier molecular flexibility index (Phi) is 27.9. The molecule has 1 rings (SSSR count). The van der Waals surface area contributed by atoms with Crippen LogP contribution in [0.1, 0.15) is 175 Å². The number of aliphatic hydroxyl groups excluding tert-OH is 6. The first-order chi connectivity index (χ1) is 24.0. The van der Waals surface area contributed by atoms with E-state index in [0.29, 0.717) is 12.8 Å². The minimum Gasteiger partial charge on any atom is -0.394 e. The fourth-order valence-electron chi connectivity index (χ4n) is 6.75. The summed E-state index contributed by atoms with van der Waals surface area (Å²) in [5.41, 5.74) is 0. The molecule has 0 bridgehead atoms.